The second-order valence-electron chi connectivity index (χ2n) is 7.51. The highest BCUT2D eigenvalue weighted by molar-refractivity contribution is 6.12. The number of aryl methyl sites for hydroxylation is 2. The van der Waals surface area contributed by atoms with Crippen LogP contribution in [0.2, 0.25) is 0 Å². The zero-order valence-electron chi connectivity index (χ0n) is 16.4. The van der Waals surface area contributed by atoms with Crippen molar-refractivity contribution >= 4 is 27.6 Å². The van der Waals surface area contributed by atoms with E-state index in [1.807, 2.05) is 19.1 Å². The molecule has 0 N–H and O–H groups in total. The Kier molecular flexibility index (Phi) is 4.00. The Morgan fingerprint density at radius 3 is 2.48 bits per heavy atom. The number of hydrogen-bond donors (Lipinski definition) is 0. The van der Waals surface area contributed by atoms with Crippen LogP contribution in [0.15, 0.2) is 47.0 Å². The summed E-state index contributed by atoms with van der Waals surface area (Å²) in [4.78, 5) is 3.77. The molecule has 27 heavy (non-hydrogen) atoms. The molecule has 0 fully saturated rings. The topological polar surface area (TPSA) is 21.4 Å². The summed E-state index contributed by atoms with van der Waals surface area (Å²) >= 11 is 0. The van der Waals surface area contributed by atoms with Crippen molar-refractivity contribution in [2.24, 2.45) is 7.05 Å². The van der Waals surface area contributed by atoms with Gasteiger partial charge in [-0.1, -0.05) is 26.0 Å². The lowest BCUT2D eigenvalue weighted by molar-refractivity contribution is -0.660. The number of aromatic nitrogens is 1. The largest absolute Gasteiger partial charge is 0.455 e. The van der Waals surface area contributed by atoms with Crippen LogP contribution >= 0.6 is 0 Å². The van der Waals surface area contributed by atoms with Crippen LogP contribution in [-0.4, -0.2) is 0 Å². The molecular formula is C24H23N2O+. The van der Waals surface area contributed by atoms with Gasteiger partial charge in [-0.15, -0.1) is 0 Å². The van der Waals surface area contributed by atoms with Gasteiger partial charge in [-0.2, -0.15) is 0 Å². The first-order valence-electron chi connectivity index (χ1n) is 9.25. The van der Waals surface area contributed by atoms with Gasteiger partial charge in [-0.25, -0.2) is 9.41 Å². The fraction of sp³-hybridized carbons (Fsp3) is 0.250. The van der Waals surface area contributed by atoms with E-state index in [1.165, 1.54) is 5.56 Å². The van der Waals surface area contributed by atoms with Gasteiger partial charge in [0, 0.05) is 22.9 Å². The molecule has 134 valence electrons. The van der Waals surface area contributed by atoms with Crippen LogP contribution in [0.4, 0.5) is 5.69 Å². The van der Waals surface area contributed by atoms with Crippen LogP contribution in [0.5, 0.6) is 0 Å². The summed E-state index contributed by atoms with van der Waals surface area (Å²) in [5, 5.41) is 2.10. The third kappa shape index (κ3) is 2.52. The number of benzene rings is 2. The zero-order valence-corrected chi connectivity index (χ0v) is 16.4. The van der Waals surface area contributed by atoms with Crippen molar-refractivity contribution in [2.45, 2.75) is 33.6 Å². The lowest BCUT2D eigenvalue weighted by Gasteiger charge is -2.11. The normalized spacial score (nSPS) is 11.4. The fourth-order valence-electron chi connectivity index (χ4n) is 4.09. The Hall–Kier alpha value is -3.12. The zero-order chi connectivity index (χ0) is 19.3. The second-order valence-corrected chi connectivity index (χ2v) is 7.51. The summed E-state index contributed by atoms with van der Waals surface area (Å²) in [5.41, 5.74) is 8.09. The molecule has 0 aliphatic rings. The summed E-state index contributed by atoms with van der Waals surface area (Å²) in [6, 6.07) is 12.5. The predicted octanol–water partition coefficient (Wildman–Crippen LogP) is 6.37. The van der Waals surface area contributed by atoms with E-state index in [9.17, 15) is 0 Å². The molecule has 2 aromatic carbocycles. The Bertz CT molecular complexity index is 1240. The molecular weight excluding hydrogens is 332 g/mol. The summed E-state index contributed by atoms with van der Waals surface area (Å²) < 4.78 is 8.65. The molecule has 3 nitrogen and oxygen atoms in total. The molecule has 0 saturated heterocycles. The van der Waals surface area contributed by atoms with Crippen molar-refractivity contribution < 1.29 is 8.98 Å². The number of pyridine rings is 1. The quantitative estimate of drug-likeness (QED) is 0.302. The second kappa shape index (κ2) is 6.25. The third-order valence-corrected chi connectivity index (χ3v) is 5.43. The number of furan rings is 1. The lowest BCUT2D eigenvalue weighted by atomic mass is 9.93. The Morgan fingerprint density at radius 2 is 1.81 bits per heavy atom. The van der Waals surface area contributed by atoms with E-state index < -0.39 is 0 Å². The Morgan fingerprint density at radius 1 is 1.04 bits per heavy atom. The van der Waals surface area contributed by atoms with E-state index in [4.69, 9.17) is 11.0 Å². The predicted molar refractivity (Wildman–Crippen MR) is 110 cm³/mol. The van der Waals surface area contributed by atoms with Crippen LogP contribution in [0.1, 0.15) is 36.5 Å². The lowest BCUT2D eigenvalue weighted by Crippen LogP contribution is -2.30. The average molecular weight is 355 g/mol. The van der Waals surface area contributed by atoms with E-state index in [1.54, 1.807) is 0 Å². The SMILES string of the molecule is [C-]#[N+]c1cc2c(oc3c(-c4cccc[n+]4C)c(C)ccc32)c(C(C)C)c1C. The number of nitrogens with zero attached hydrogens (tertiary/aromatic N) is 2. The highest BCUT2D eigenvalue weighted by Crippen LogP contribution is 2.43. The van der Waals surface area contributed by atoms with E-state index in [0.717, 1.165) is 44.3 Å². The van der Waals surface area contributed by atoms with Crippen LogP contribution in [0, 0.1) is 20.4 Å². The highest BCUT2D eigenvalue weighted by Gasteiger charge is 2.23. The van der Waals surface area contributed by atoms with Crippen molar-refractivity contribution in [3.8, 4) is 11.3 Å². The molecule has 0 atom stereocenters. The summed E-state index contributed by atoms with van der Waals surface area (Å²) in [6.07, 6.45) is 2.05. The number of fused-ring (bicyclic) bond motifs is 3. The molecule has 0 saturated carbocycles. The van der Waals surface area contributed by atoms with E-state index in [-0.39, 0.29) is 5.92 Å². The summed E-state index contributed by atoms with van der Waals surface area (Å²) in [7, 11) is 2.05. The minimum atomic E-state index is 0.284. The third-order valence-electron chi connectivity index (χ3n) is 5.43. The van der Waals surface area contributed by atoms with Crippen molar-refractivity contribution in [2.75, 3.05) is 0 Å². The molecule has 2 heterocycles. The van der Waals surface area contributed by atoms with Crippen LogP contribution < -0.4 is 4.57 Å². The van der Waals surface area contributed by atoms with Gasteiger partial charge in [0.1, 0.15) is 18.2 Å². The van der Waals surface area contributed by atoms with Crippen LogP contribution in [0.3, 0.4) is 0 Å². The van der Waals surface area contributed by atoms with Crippen LogP contribution in [0.25, 0.3) is 38.0 Å². The molecule has 0 aliphatic heterocycles. The highest BCUT2D eigenvalue weighted by atomic mass is 16.3. The molecule has 4 rings (SSSR count). The molecule has 2 aromatic heterocycles. The van der Waals surface area contributed by atoms with Gasteiger partial charge in [0.15, 0.2) is 11.9 Å². The minimum Gasteiger partial charge on any atom is -0.455 e. The molecule has 0 radical (unpaired) electrons. The van der Waals surface area contributed by atoms with Gasteiger partial charge in [0.2, 0.25) is 5.69 Å². The fourth-order valence-corrected chi connectivity index (χ4v) is 4.09. The van der Waals surface area contributed by atoms with Gasteiger partial charge < -0.3 is 4.42 Å². The first-order chi connectivity index (χ1) is 12.9. The molecule has 3 heteroatoms. The average Bonchev–Trinajstić information content (AvgIpc) is 2.99. The smallest absolute Gasteiger partial charge is 0.216 e. The minimum absolute atomic E-state index is 0.284. The summed E-state index contributed by atoms with van der Waals surface area (Å²) in [5.74, 6) is 0.284. The van der Waals surface area contributed by atoms with Gasteiger partial charge in [-0.3, -0.25) is 0 Å². The molecule has 4 aromatic rings. The number of hydrogen-bond acceptors (Lipinski definition) is 1. The number of rotatable bonds is 2. The van der Waals surface area contributed by atoms with Gasteiger partial charge in [-0.05, 0) is 48.6 Å². The maximum atomic E-state index is 7.59. The van der Waals surface area contributed by atoms with E-state index in [2.05, 4.69) is 67.7 Å². The Balaban J connectivity index is 2.21. The van der Waals surface area contributed by atoms with Crippen molar-refractivity contribution in [3.05, 3.63) is 70.7 Å². The molecule has 0 spiro atoms. The first kappa shape index (κ1) is 17.3. The van der Waals surface area contributed by atoms with Crippen molar-refractivity contribution in [1.29, 1.82) is 0 Å². The Labute approximate surface area is 159 Å². The van der Waals surface area contributed by atoms with Crippen LogP contribution in [-0.2, 0) is 7.05 Å². The maximum Gasteiger partial charge on any atom is 0.216 e. The van der Waals surface area contributed by atoms with E-state index >= 15 is 0 Å². The summed E-state index contributed by atoms with van der Waals surface area (Å²) in [6.45, 7) is 16.1. The van der Waals surface area contributed by atoms with Crippen molar-refractivity contribution in [3.63, 3.8) is 0 Å². The monoisotopic (exact) mass is 355 g/mol. The first-order valence-corrected chi connectivity index (χ1v) is 9.25. The molecule has 0 amide bonds. The van der Waals surface area contributed by atoms with Gasteiger partial charge in [0.25, 0.3) is 0 Å². The van der Waals surface area contributed by atoms with Crippen molar-refractivity contribution in [1.82, 2.24) is 0 Å². The standard InChI is InChI=1S/C24H23N2O/c1-14(2)21-16(4)19(25-5)13-18-17-11-10-15(3)22(23(17)27-24(18)21)20-9-7-8-12-26(20)6/h7-14H,1-4,6H3/q+1. The maximum absolute atomic E-state index is 7.59. The van der Waals surface area contributed by atoms with Gasteiger partial charge in [0.05, 0.1) is 12.1 Å². The molecule has 0 bridgehead atoms. The van der Waals surface area contributed by atoms with E-state index in [0.29, 0.717) is 5.69 Å². The van der Waals surface area contributed by atoms with Gasteiger partial charge >= 0.3 is 0 Å². The molecule has 0 aliphatic carbocycles. The molecule has 0 unspecified atom stereocenters.